The molecule has 0 unspecified atom stereocenters. The molecule has 0 saturated carbocycles. The van der Waals surface area contributed by atoms with E-state index in [4.69, 9.17) is 0 Å². The van der Waals surface area contributed by atoms with Crippen molar-refractivity contribution in [2.24, 2.45) is 0 Å². The van der Waals surface area contributed by atoms with Gasteiger partial charge in [0.1, 0.15) is 0 Å². The van der Waals surface area contributed by atoms with Crippen LogP contribution in [0.15, 0.2) is 48.5 Å². The first-order valence-corrected chi connectivity index (χ1v) is 9.96. The van der Waals surface area contributed by atoms with E-state index >= 15 is 0 Å². The second-order valence-corrected chi connectivity index (χ2v) is 7.38. The van der Waals surface area contributed by atoms with Crippen molar-refractivity contribution in [1.82, 2.24) is 10.3 Å². The molecule has 0 radical (unpaired) electrons. The number of carbonyl (C=O) groups is 2. The molecule has 2 N–H and O–H groups in total. The summed E-state index contributed by atoms with van der Waals surface area (Å²) in [6.45, 7) is 2.02. The number of carbonyl (C=O) groups excluding carboxylic acids is 2. The van der Waals surface area contributed by atoms with E-state index in [2.05, 4.69) is 21.7 Å². The standard InChI is InChI=1S/C21H23N3O2S/c1-2-15-8-3-4-9-16(15)23-20(26)14-22-19(25)12-7-13-21-24-17-10-5-6-11-18(17)27-21/h3-6,8-11H,2,7,12-14H2,1H3,(H,22,25)(H,23,26). The zero-order valence-electron chi connectivity index (χ0n) is 15.3. The smallest absolute Gasteiger partial charge is 0.243 e. The van der Waals surface area contributed by atoms with Crippen LogP contribution in [-0.2, 0) is 22.4 Å². The molecule has 0 atom stereocenters. The first-order chi connectivity index (χ1) is 13.2. The first kappa shape index (κ1) is 19.0. The average molecular weight is 382 g/mol. The molecular weight excluding hydrogens is 358 g/mol. The molecule has 3 rings (SSSR count). The van der Waals surface area contributed by atoms with Gasteiger partial charge in [0.25, 0.3) is 0 Å². The van der Waals surface area contributed by atoms with Crippen LogP contribution in [0.4, 0.5) is 5.69 Å². The topological polar surface area (TPSA) is 71.1 Å². The molecule has 0 bridgehead atoms. The maximum Gasteiger partial charge on any atom is 0.243 e. The number of rotatable bonds is 8. The van der Waals surface area contributed by atoms with Crippen molar-refractivity contribution < 1.29 is 9.59 Å². The third-order valence-corrected chi connectivity index (χ3v) is 5.35. The van der Waals surface area contributed by atoms with Gasteiger partial charge in [-0.25, -0.2) is 4.98 Å². The number of amides is 2. The van der Waals surface area contributed by atoms with Gasteiger partial charge in [-0.3, -0.25) is 9.59 Å². The van der Waals surface area contributed by atoms with Gasteiger partial charge in [-0.1, -0.05) is 37.3 Å². The number of anilines is 1. The van der Waals surface area contributed by atoms with Crippen molar-refractivity contribution in [1.29, 1.82) is 0 Å². The van der Waals surface area contributed by atoms with Gasteiger partial charge in [0.15, 0.2) is 0 Å². The van der Waals surface area contributed by atoms with E-state index in [0.29, 0.717) is 12.8 Å². The summed E-state index contributed by atoms with van der Waals surface area (Å²) in [5, 5.41) is 6.58. The number of nitrogens with one attached hydrogen (secondary N) is 2. The van der Waals surface area contributed by atoms with Crippen molar-refractivity contribution in [3.05, 3.63) is 59.1 Å². The van der Waals surface area contributed by atoms with Crippen LogP contribution in [0.25, 0.3) is 10.2 Å². The lowest BCUT2D eigenvalue weighted by Gasteiger charge is -2.10. The molecule has 5 nitrogen and oxygen atoms in total. The second kappa shape index (κ2) is 9.28. The van der Waals surface area contributed by atoms with Gasteiger partial charge in [-0.05, 0) is 43.0 Å². The Morgan fingerprint density at radius 3 is 2.63 bits per heavy atom. The lowest BCUT2D eigenvalue weighted by Crippen LogP contribution is -2.32. The van der Waals surface area contributed by atoms with E-state index in [1.807, 2.05) is 49.4 Å². The first-order valence-electron chi connectivity index (χ1n) is 9.14. The lowest BCUT2D eigenvalue weighted by molar-refractivity contribution is -0.124. The minimum atomic E-state index is -0.213. The van der Waals surface area contributed by atoms with E-state index in [1.54, 1.807) is 11.3 Å². The second-order valence-electron chi connectivity index (χ2n) is 6.26. The van der Waals surface area contributed by atoms with Gasteiger partial charge in [-0.15, -0.1) is 11.3 Å². The molecule has 1 aromatic heterocycles. The molecule has 1 heterocycles. The van der Waals surface area contributed by atoms with Gasteiger partial charge in [0.05, 0.1) is 21.8 Å². The van der Waals surface area contributed by atoms with Gasteiger partial charge in [0, 0.05) is 12.1 Å². The number of benzene rings is 2. The van der Waals surface area contributed by atoms with Crippen LogP contribution in [0, 0.1) is 0 Å². The number of aryl methyl sites for hydroxylation is 2. The number of para-hydroxylation sites is 2. The van der Waals surface area contributed by atoms with Crippen LogP contribution in [0.5, 0.6) is 0 Å². The monoisotopic (exact) mass is 381 g/mol. The summed E-state index contributed by atoms with van der Waals surface area (Å²) in [5.41, 5.74) is 2.88. The zero-order valence-corrected chi connectivity index (χ0v) is 16.1. The van der Waals surface area contributed by atoms with Crippen molar-refractivity contribution in [3.63, 3.8) is 0 Å². The highest BCUT2D eigenvalue weighted by atomic mass is 32.1. The highest BCUT2D eigenvalue weighted by molar-refractivity contribution is 7.18. The van der Waals surface area contributed by atoms with Gasteiger partial charge in [-0.2, -0.15) is 0 Å². The molecule has 0 aliphatic heterocycles. The molecule has 3 aromatic rings. The number of thiazole rings is 1. The Balaban J connectivity index is 1.39. The molecular formula is C21H23N3O2S. The quantitative estimate of drug-likeness (QED) is 0.621. The summed E-state index contributed by atoms with van der Waals surface area (Å²) >= 11 is 1.66. The van der Waals surface area contributed by atoms with Crippen molar-refractivity contribution in [2.45, 2.75) is 32.6 Å². The van der Waals surface area contributed by atoms with Gasteiger partial charge >= 0.3 is 0 Å². The van der Waals surface area contributed by atoms with E-state index in [-0.39, 0.29) is 18.4 Å². The molecule has 0 aliphatic carbocycles. The third kappa shape index (κ3) is 5.37. The number of hydrogen-bond acceptors (Lipinski definition) is 4. The fraction of sp³-hybridized carbons (Fsp3) is 0.286. The minimum absolute atomic E-state index is 0.0159. The van der Waals surface area contributed by atoms with Crippen molar-refractivity contribution >= 4 is 39.1 Å². The predicted octanol–water partition coefficient (Wildman–Crippen LogP) is 3.94. The van der Waals surface area contributed by atoms with Crippen LogP contribution < -0.4 is 10.6 Å². The highest BCUT2D eigenvalue weighted by Gasteiger charge is 2.09. The maximum absolute atomic E-state index is 12.0. The van der Waals surface area contributed by atoms with E-state index < -0.39 is 0 Å². The molecule has 140 valence electrons. The Morgan fingerprint density at radius 2 is 1.81 bits per heavy atom. The lowest BCUT2D eigenvalue weighted by atomic mass is 10.1. The summed E-state index contributed by atoms with van der Waals surface area (Å²) in [4.78, 5) is 28.6. The SMILES string of the molecule is CCc1ccccc1NC(=O)CNC(=O)CCCc1nc2ccccc2s1. The normalized spacial score (nSPS) is 10.7. The number of fused-ring (bicyclic) bond motifs is 1. The minimum Gasteiger partial charge on any atom is -0.347 e. The molecule has 6 heteroatoms. The fourth-order valence-corrected chi connectivity index (χ4v) is 3.85. The Hall–Kier alpha value is -2.73. The van der Waals surface area contributed by atoms with E-state index in [0.717, 1.165) is 34.6 Å². The molecule has 2 amide bonds. The Labute approximate surface area is 162 Å². The largest absolute Gasteiger partial charge is 0.347 e. The third-order valence-electron chi connectivity index (χ3n) is 4.25. The summed E-state index contributed by atoms with van der Waals surface area (Å²) in [6, 6.07) is 15.7. The van der Waals surface area contributed by atoms with Crippen molar-refractivity contribution in [2.75, 3.05) is 11.9 Å². The Morgan fingerprint density at radius 1 is 1.04 bits per heavy atom. The summed E-state index contributed by atoms with van der Waals surface area (Å²) in [6.07, 6.45) is 2.71. The Kier molecular flexibility index (Phi) is 6.54. The Bertz CT molecular complexity index is 903. The van der Waals surface area contributed by atoms with Crippen LogP contribution in [0.3, 0.4) is 0 Å². The summed E-state index contributed by atoms with van der Waals surface area (Å²) < 4.78 is 1.17. The summed E-state index contributed by atoms with van der Waals surface area (Å²) in [7, 11) is 0. The summed E-state index contributed by atoms with van der Waals surface area (Å²) in [5.74, 6) is -0.328. The van der Waals surface area contributed by atoms with Crippen molar-refractivity contribution in [3.8, 4) is 0 Å². The fourth-order valence-electron chi connectivity index (χ4n) is 2.84. The highest BCUT2D eigenvalue weighted by Crippen LogP contribution is 2.22. The number of aromatic nitrogens is 1. The molecule has 0 saturated heterocycles. The predicted molar refractivity (Wildman–Crippen MR) is 110 cm³/mol. The molecule has 0 spiro atoms. The number of nitrogens with zero attached hydrogens (tertiary/aromatic N) is 1. The average Bonchev–Trinajstić information content (AvgIpc) is 3.09. The zero-order chi connectivity index (χ0) is 19.1. The molecule has 2 aromatic carbocycles. The van der Waals surface area contributed by atoms with E-state index in [1.165, 1.54) is 4.70 Å². The van der Waals surface area contributed by atoms with Crippen LogP contribution in [0.1, 0.15) is 30.3 Å². The molecule has 27 heavy (non-hydrogen) atoms. The maximum atomic E-state index is 12.0. The van der Waals surface area contributed by atoms with E-state index in [9.17, 15) is 9.59 Å². The van der Waals surface area contributed by atoms with Crippen LogP contribution in [0.2, 0.25) is 0 Å². The van der Waals surface area contributed by atoms with Gasteiger partial charge in [0.2, 0.25) is 11.8 Å². The molecule has 0 fully saturated rings. The van der Waals surface area contributed by atoms with Crippen LogP contribution in [-0.4, -0.2) is 23.3 Å². The number of hydrogen-bond donors (Lipinski definition) is 2. The van der Waals surface area contributed by atoms with Gasteiger partial charge < -0.3 is 10.6 Å². The molecule has 0 aliphatic rings. The van der Waals surface area contributed by atoms with Crippen LogP contribution >= 0.6 is 11.3 Å².